The van der Waals surface area contributed by atoms with Crippen LogP contribution in [0.4, 0.5) is 0 Å². The number of aliphatic carboxylic acids is 1. The number of ether oxygens (including phenoxy) is 2. The van der Waals surface area contributed by atoms with Crippen LogP contribution in [0.3, 0.4) is 0 Å². The van der Waals surface area contributed by atoms with E-state index in [1.54, 1.807) is 31.4 Å². The average Bonchev–Trinajstić information content (AvgIpc) is 2.48. The van der Waals surface area contributed by atoms with Crippen molar-refractivity contribution in [2.45, 2.75) is 20.3 Å². The van der Waals surface area contributed by atoms with E-state index in [1.807, 2.05) is 13.8 Å². The van der Waals surface area contributed by atoms with Crippen molar-refractivity contribution < 1.29 is 24.2 Å². The van der Waals surface area contributed by atoms with E-state index < -0.39 is 5.97 Å². The van der Waals surface area contributed by atoms with Crippen LogP contribution in [0.15, 0.2) is 24.3 Å². The zero-order valence-corrected chi connectivity index (χ0v) is 13.2. The van der Waals surface area contributed by atoms with E-state index in [9.17, 15) is 9.59 Å². The molecule has 0 radical (unpaired) electrons. The molecule has 0 aliphatic carbocycles. The first-order valence-electron chi connectivity index (χ1n) is 7.18. The van der Waals surface area contributed by atoms with Gasteiger partial charge in [-0.3, -0.25) is 9.59 Å². The van der Waals surface area contributed by atoms with Crippen LogP contribution < -0.4 is 9.47 Å². The SMILES string of the molecule is COc1cccc(OCC(=O)N(CCC(=O)O)CC(C)C)c1. The summed E-state index contributed by atoms with van der Waals surface area (Å²) in [7, 11) is 1.56. The molecule has 0 saturated heterocycles. The Bertz CT molecular complexity index is 501. The smallest absolute Gasteiger partial charge is 0.305 e. The number of amides is 1. The number of carbonyl (C=O) groups is 2. The fourth-order valence-electron chi connectivity index (χ4n) is 1.92. The Morgan fingerprint density at radius 2 is 1.95 bits per heavy atom. The first-order valence-corrected chi connectivity index (χ1v) is 7.18. The minimum atomic E-state index is -0.921. The van der Waals surface area contributed by atoms with Gasteiger partial charge in [0.1, 0.15) is 11.5 Å². The maximum absolute atomic E-state index is 12.2. The predicted octanol–water partition coefficient (Wildman–Crippen LogP) is 2.03. The molecular weight excluding hydrogens is 286 g/mol. The van der Waals surface area contributed by atoms with Crippen molar-refractivity contribution >= 4 is 11.9 Å². The highest BCUT2D eigenvalue weighted by Crippen LogP contribution is 2.18. The maximum atomic E-state index is 12.2. The van der Waals surface area contributed by atoms with E-state index in [4.69, 9.17) is 14.6 Å². The second-order valence-corrected chi connectivity index (χ2v) is 5.34. The van der Waals surface area contributed by atoms with Gasteiger partial charge in [-0.1, -0.05) is 19.9 Å². The van der Waals surface area contributed by atoms with Gasteiger partial charge >= 0.3 is 5.97 Å². The van der Waals surface area contributed by atoms with Gasteiger partial charge in [-0.25, -0.2) is 0 Å². The van der Waals surface area contributed by atoms with Gasteiger partial charge in [-0.15, -0.1) is 0 Å². The van der Waals surface area contributed by atoms with Crippen molar-refractivity contribution in [3.8, 4) is 11.5 Å². The number of carboxylic acid groups (broad SMARTS) is 1. The van der Waals surface area contributed by atoms with Gasteiger partial charge < -0.3 is 19.5 Å². The fourth-order valence-corrected chi connectivity index (χ4v) is 1.92. The molecule has 0 bridgehead atoms. The van der Waals surface area contributed by atoms with Crippen LogP contribution in [0.25, 0.3) is 0 Å². The predicted molar refractivity (Wildman–Crippen MR) is 82.2 cm³/mol. The first-order chi connectivity index (χ1) is 10.4. The van der Waals surface area contributed by atoms with Crippen LogP contribution in [0.5, 0.6) is 11.5 Å². The van der Waals surface area contributed by atoms with Crippen molar-refractivity contribution in [2.24, 2.45) is 5.92 Å². The van der Waals surface area contributed by atoms with Gasteiger partial charge in [-0.05, 0) is 18.1 Å². The van der Waals surface area contributed by atoms with Crippen molar-refractivity contribution in [2.75, 3.05) is 26.8 Å². The Hall–Kier alpha value is -2.24. The molecule has 0 fully saturated rings. The molecule has 0 aromatic heterocycles. The summed E-state index contributed by atoms with van der Waals surface area (Å²) < 4.78 is 10.5. The first kappa shape index (κ1) is 17.8. The number of methoxy groups -OCH3 is 1. The monoisotopic (exact) mass is 309 g/mol. The summed E-state index contributed by atoms with van der Waals surface area (Å²) >= 11 is 0. The Balaban J connectivity index is 2.59. The molecule has 0 saturated carbocycles. The molecule has 0 spiro atoms. The minimum Gasteiger partial charge on any atom is -0.497 e. The number of nitrogens with zero attached hydrogens (tertiary/aromatic N) is 1. The van der Waals surface area contributed by atoms with Gasteiger partial charge in [0.2, 0.25) is 0 Å². The van der Waals surface area contributed by atoms with Crippen LogP contribution >= 0.6 is 0 Å². The third kappa shape index (κ3) is 6.47. The molecule has 0 heterocycles. The molecule has 6 heteroatoms. The Labute approximate surface area is 130 Å². The van der Waals surface area contributed by atoms with E-state index in [0.29, 0.717) is 18.0 Å². The third-order valence-corrected chi connectivity index (χ3v) is 2.94. The highest BCUT2D eigenvalue weighted by molar-refractivity contribution is 5.78. The summed E-state index contributed by atoms with van der Waals surface area (Å²) in [6, 6.07) is 6.98. The summed E-state index contributed by atoms with van der Waals surface area (Å²) in [5.41, 5.74) is 0. The zero-order chi connectivity index (χ0) is 16.5. The quantitative estimate of drug-likeness (QED) is 0.755. The standard InChI is InChI=1S/C16H23NO5/c1-12(2)10-17(8-7-16(19)20)15(18)11-22-14-6-4-5-13(9-14)21-3/h4-6,9,12H,7-8,10-11H2,1-3H3,(H,19,20). The lowest BCUT2D eigenvalue weighted by atomic mass is 10.2. The number of hydrogen-bond donors (Lipinski definition) is 1. The molecule has 1 amide bonds. The van der Waals surface area contributed by atoms with Gasteiger partial charge in [0.25, 0.3) is 5.91 Å². The summed E-state index contributed by atoms with van der Waals surface area (Å²) in [4.78, 5) is 24.4. The van der Waals surface area contributed by atoms with Crippen LogP contribution in [-0.2, 0) is 9.59 Å². The lowest BCUT2D eigenvalue weighted by molar-refractivity contribution is -0.139. The third-order valence-electron chi connectivity index (χ3n) is 2.94. The second kappa shape index (κ2) is 8.92. The van der Waals surface area contributed by atoms with Crippen molar-refractivity contribution in [3.63, 3.8) is 0 Å². The molecule has 1 aromatic carbocycles. The molecule has 1 rings (SSSR count). The Morgan fingerprint density at radius 3 is 2.55 bits per heavy atom. The number of hydrogen-bond acceptors (Lipinski definition) is 4. The van der Waals surface area contributed by atoms with E-state index >= 15 is 0 Å². The molecule has 0 aliphatic rings. The normalized spacial score (nSPS) is 10.4. The molecule has 0 atom stereocenters. The van der Waals surface area contributed by atoms with Gasteiger partial charge in [0, 0.05) is 19.2 Å². The van der Waals surface area contributed by atoms with E-state index in [-0.39, 0.29) is 31.4 Å². The molecular formula is C16H23NO5. The lowest BCUT2D eigenvalue weighted by Gasteiger charge is -2.24. The van der Waals surface area contributed by atoms with Crippen molar-refractivity contribution in [3.05, 3.63) is 24.3 Å². The van der Waals surface area contributed by atoms with Crippen molar-refractivity contribution in [1.29, 1.82) is 0 Å². The van der Waals surface area contributed by atoms with Crippen LogP contribution in [0, 0.1) is 5.92 Å². The summed E-state index contributed by atoms with van der Waals surface area (Å²) in [5, 5.41) is 8.76. The Kier molecular flexibility index (Phi) is 7.22. The zero-order valence-electron chi connectivity index (χ0n) is 13.2. The number of carboxylic acids is 1. The molecule has 1 aromatic rings. The topological polar surface area (TPSA) is 76.1 Å². The van der Waals surface area contributed by atoms with Gasteiger partial charge in [0.05, 0.1) is 13.5 Å². The number of rotatable bonds is 9. The molecule has 6 nitrogen and oxygen atoms in total. The average molecular weight is 309 g/mol. The summed E-state index contributed by atoms with van der Waals surface area (Å²) in [5.74, 6) is 0.299. The van der Waals surface area contributed by atoms with Gasteiger partial charge in [-0.2, -0.15) is 0 Å². The summed E-state index contributed by atoms with van der Waals surface area (Å²) in [6.07, 6.45) is -0.0718. The van der Waals surface area contributed by atoms with Crippen molar-refractivity contribution in [1.82, 2.24) is 4.90 Å². The van der Waals surface area contributed by atoms with Crippen LogP contribution in [0.1, 0.15) is 20.3 Å². The maximum Gasteiger partial charge on any atom is 0.305 e. The molecule has 22 heavy (non-hydrogen) atoms. The van der Waals surface area contributed by atoms with Crippen LogP contribution in [0.2, 0.25) is 0 Å². The minimum absolute atomic E-state index is 0.0718. The van der Waals surface area contributed by atoms with Gasteiger partial charge in [0.15, 0.2) is 6.61 Å². The molecule has 0 aliphatic heterocycles. The highest BCUT2D eigenvalue weighted by Gasteiger charge is 2.16. The van der Waals surface area contributed by atoms with E-state index in [2.05, 4.69) is 0 Å². The number of carbonyl (C=O) groups excluding carboxylic acids is 1. The van der Waals surface area contributed by atoms with E-state index in [1.165, 1.54) is 4.90 Å². The molecule has 1 N–H and O–H groups in total. The van der Waals surface area contributed by atoms with E-state index in [0.717, 1.165) is 0 Å². The summed E-state index contributed by atoms with van der Waals surface area (Å²) in [6.45, 7) is 4.52. The lowest BCUT2D eigenvalue weighted by Crippen LogP contribution is -2.38. The largest absolute Gasteiger partial charge is 0.497 e. The Morgan fingerprint density at radius 1 is 1.27 bits per heavy atom. The van der Waals surface area contributed by atoms with Crippen LogP contribution in [-0.4, -0.2) is 48.7 Å². The number of benzene rings is 1. The highest BCUT2D eigenvalue weighted by atomic mass is 16.5. The fraction of sp³-hybridized carbons (Fsp3) is 0.500. The molecule has 0 unspecified atom stereocenters. The second-order valence-electron chi connectivity index (χ2n) is 5.34. The molecule has 122 valence electrons.